The first-order chi connectivity index (χ1) is 14.3. The summed E-state index contributed by atoms with van der Waals surface area (Å²) >= 11 is 11.4. The van der Waals surface area contributed by atoms with E-state index in [1.807, 2.05) is 30.3 Å². The Balaban J connectivity index is 0.000000245. The molecule has 1 fully saturated rings. The number of carboxylic acids is 1. The predicted octanol–water partition coefficient (Wildman–Crippen LogP) is 3.86. The third kappa shape index (κ3) is 6.09. The molecule has 1 saturated carbocycles. The summed E-state index contributed by atoms with van der Waals surface area (Å²) in [6.07, 6.45) is -4.36. The average Bonchev–Trinajstić information content (AvgIpc) is 3.25. The van der Waals surface area contributed by atoms with Gasteiger partial charge in [-0.2, -0.15) is 13.2 Å². The van der Waals surface area contributed by atoms with Crippen LogP contribution in [0.15, 0.2) is 48.5 Å². The smallest absolute Gasteiger partial charge is 0.419 e. The number of carbonyl (C=O) groups is 2. The van der Waals surface area contributed by atoms with Crippen LogP contribution in [0.4, 0.5) is 17.6 Å². The number of carboxylic acid groups (broad SMARTS) is 1. The van der Waals surface area contributed by atoms with Crippen LogP contribution >= 0.6 is 23.2 Å². The van der Waals surface area contributed by atoms with Crippen LogP contribution in [0.5, 0.6) is 0 Å². The second-order valence-electron chi connectivity index (χ2n) is 6.90. The van der Waals surface area contributed by atoms with Crippen LogP contribution in [0.2, 0.25) is 0 Å². The van der Waals surface area contributed by atoms with E-state index in [0.29, 0.717) is 18.6 Å². The second-order valence-corrected chi connectivity index (χ2v) is 8.35. The number of amides is 1. The number of rotatable bonds is 5. The number of carbonyl (C=O) groups excluding carboxylic acids is 1. The summed E-state index contributed by atoms with van der Waals surface area (Å²) in [5.74, 6) is -5.40. The van der Waals surface area contributed by atoms with E-state index in [9.17, 15) is 27.2 Å². The average molecular weight is 481 g/mol. The predicted molar refractivity (Wildman–Crippen MR) is 107 cm³/mol. The molecular formula is C20H18Cl2F4N2O3. The summed E-state index contributed by atoms with van der Waals surface area (Å²) < 4.78 is 49.0. The maximum Gasteiger partial charge on any atom is 0.419 e. The van der Waals surface area contributed by atoms with Gasteiger partial charge < -0.3 is 16.6 Å². The third-order valence-electron chi connectivity index (χ3n) is 4.64. The molecule has 1 aliphatic carbocycles. The molecule has 1 amide bonds. The lowest BCUT2D eigenvalue weighted by Crippen LogP contribution is -2.38. The first-order valence-electron chi connectivity index (χ1n) is 8.82. The molecule has 0 heterocycles. The number of benzene rings is 2. The van der Waals surface area contributed by atoms with Gasteiger partial charge in [0, 0.05) is 5.92 Å². The van der Waals surface area contributed by atoms with Crippen LogP contribution in [0, 0.1) is 11.7 Å². The molecule has 0 aromatic heterocycles. The minimum atomic E-state index is -4.87. The molecule has 3 rings (SSSR count). The molecule has 0 bridgehead atoms. The minimum absolute atomic E-state index is 0.0499. The van der Waals surface area contributed by atoms with Gasteiger partial charge in [-0.1, -0.05) is 59.6 Å². The summed E-state index contributed by atoms with van der Waals surface area (Å²) in [7, 11) is 0. The summed E-state index contributed by atoms with van der Waals surface area (Å²) in [6.45, 7) is 0. The monoisotopic (exact) mass is 480 g/mol. The van der Waals surface area contributed by atoms with Crippen LogP contribution in [0.25, 0.3) is 0 Å². The van der Waals surface area contributed by atoms with Gasteiger partial charge in [0.25, 0.3) is 0 Å². The van der Waals surface area contributed by atoms with E-state index in [1.165, 1.54) is 0 Å². The van der Waals surface area contributed by atoms with Gasteiger partial charge in [0.05, 0.1) is 17.5 Å². The zero-order valence-electron chi connectivity index (χ0n) is 15.7. The van der Waals surface area contributed by atoms with Gasteiger partial charge in [-0.25, -0.2) is 4.39 Å². The lowest BCUT2D eigenvalue weighted by Gasteiger charge is -2.10. The lowest BCUT2D eigenvalue weighted by molar-refractivity contribution is -0.140. The number of halogens is 6. The molecule has 31 heavy (non-hydrogen) atoms. The maximum atomic E-state index is 13.1. The molecule has 0 spiro atoms. The Hall–Kier alpha value is -2.36. The Bertz CT molecular complexity index is 955. The van der Waals surface area contributed by atoms with E-state index in [-0.39, 0.29) is 5.56 Å². The zero-order valence-corrected chi connectivity index (χ0v) is 17.3. The molecule has 0 aliphatic heterocycles. The molecule has 3 atom stereocenters. The van der Waals surface area contributed by atoms with Gasteiger partial charge in [-0.05, 0) is 29.7 Å². The highest BCUT2D eigenvalue weighted by molar-refractivity contribution is 6.53. The fraction of sp³-hybridized carbons (Fsp3) is 0.300. The van der Waals surface area contributed by atoms with E-state index in [2.05, 4.69) is 0 Å². The summed E-state index contributed by atoms with van der Waals surface area (Å²) in [4.78, 5) is 21.4. The standard InChI is InChI=1S/C11H6Cl2F4O2.C9H12N2O/c12-10(13)7(8(10)9(18)19)4-1-2-6(14)5(3-4)11(15,16)17;10-8(9(11)12)6-7-4-2-1-3-5-7/h1-3,7-8H,(H,18,19);1-5,8H,6,10H2,(H2,11,12)/t7-,8+;8-/m01/s1. The van der Waals surface area contributed by atoms with E-state index < -0.39 is 51.6 Å². The van der Waals surface area contributed by atoms with Gasteiger partial charge in [0.2, 0.25) is 5.91 Å². The van der Waals surface area contributed by atoms with Crippen molar-refractivity contribution in [3.63, 3.8) is 0 Å². The highest BCUT2D eigenvalue weighted by Gasteiger charge is 2.68. The number of hydrogen-bond acceptors (Lipinski definition) is 3. The van der Waals surface area contributed by atoms with Crippen molar-refractivity contribution in [2.24, 2.45) is 17.4 Å². The Kier molecular flexibility index (Phi) is 7.57. The lowest BCUT2D eigenvalue weighted by atomic mass is 10.0. The summed E-state index contributed by atoms with van der Waals surface area (Å²) in [6, 6.07) is 11.2. The van der Waals surface area contributed by atoms with Gasteiger partial charge in [0.15, 0.2) is 0 Å². The van der Waals surface area contributed by atoms with E-state index in [0.717, 1.165) is 11.6 Å². The third-order valence-corrected chi connectivity index (χ3v) is 5.58. The van der Waals surface area contributed by atoms with Gasteiger partial charge in [-0.15, -0.1) is 0 Å². The van der Waals surface area contributed by atoms with Crippen molar-refractivity contribution in [3.8, 4) is 0 Å². The number of primary amides is 1. The van der Waals surface area contributed by atoms with Crippen LogP contribution in [0.1, 0.15) is 22.6 Å². The first-order valence-corrected chi connectivity index (χ1v) is 9.58. The number of hydrogen-bond donors (Lipinski definition) is 3. The molecule has 0 radical (unpaired) electrons. The van der Waals surface area contributed by atoms with Crippen molar-refractivity contribution in [1.29, 1.82) is 0 Å². The topological polar surface area (TPSA) is 106 Å². The largest absolute Gasteiger partial charge is 0.481 e. The molecule has 1 aliphatic rings. The molecule has 5 N–H and O–H groups in total. The number of nitrogens with two attached hydrogens (primary N) is 2. The van der Waals surface area contributed by atoms with Crippen molar-refractivity contribution >= 4 is 35.1 Å². The van der Waals surface area contributed by atoms with Crippen molar-refractivity contribution in [1.82, 2.24) is 0 Å². The van der Waals surface area contributed by atoms with Crippen molar-refractivity contribution < 1.29 is 32.3 Å². The highest BCUT2D eigenvalue weighted by Crippen LogP contribution is 2.65. The van der Waals surface area contributed by atoms with Crippen molar-refractivity contribution in [2.45, 2.75) is 28.9 Å². The fourth-order valence-electron chi connectivity index (χ4n) is 2.97. The first kappa shape index (κ1) is 24.9. The van der Waals surface area contributed by atoms with Crippen LogP contribution in [0.3, 0.4) is 0 Å². The SMILES string of the molecule is NC(=O)[C@H](N)Cc1ccccc1.O=C(O)[C@H]1[C@H](c2ccc(F)c(C(F)(F)F)c2)C1(Cl)Cl. The molecule has 5 nitrogen and oxygen atoms in total. The Morgan fingerprint density at radius 1 is 1.13 bits per heavy atom. The Morgan fingerprint density at radius 3 is 2.16 bits per heavy atom. The minimum Gasteiger partial charge on any atom is -0.481 e. The molecular weight excluding hydrogens is 463 g/mol. The molecule has 11 heteroatoms. The molecule has 0 saturated heterocycles. The van der Waals surface area contributed by atoms with Gasteiger partial charge in [-0.3, -0.25) is 9.59 Å². The molecule has 0 unspecified atom stereocenters. The molecule has 2 aromatic rings. The van der Waals surface area contributed by atoms with E-state index >= 15 is 0 Å². The van der Waals surface area contributed by atoms with Gasteiger partial charge >= 0.3 is 12.1 Å². The quantitative estimate of drug-likeness (QED) is 0.446. The Morgan fingerprint density at radius 2 is 1.71 bits per heavy atom. The normalized spacial score (nSPS) is 20.2. The van der Waals surface area contributed by atoms with E-state index in [4.69, 9.17) is 39.8 Å². The summed E-state index contributed by atoms with van der Waals surface area (Å²) in [5.41, 5.74) is 10.0. The van der Waals surface area contributed by atoms with E-state index in [1.54, 1.807) is 0 Å². The van der Waals surface area contributed by atoms with Crippen molar-refractivity contribution in [3.05, 3.63) is 71.0 Å². The Labute approximate surface area is 184 Å². The van der Waals surface area contributed by atoms with Crippen LogP contribution < -0.4 is 11.5 Å². The second kappa shape index (κ2) is 9.42. The van der Waals surface area contributed by atoms with Crippen LogP contribution in [-0.2, 0) is 22.2 Å². The molecule has 2 aromatic carbocycles. The maximum absolute atomic E-state index is 13.1. The zero-order chi connectivity index (χ0) is 23.6. The molecule has 168 valence electrons. The fourth-order valence-corrected chi connectivity index (χ4v) is 3.79. The summed E-state index contributed by atoms with van der Waals surface area (Å²) in [5, 5.41) is 8.84. The number of alkyl halides is 5. The van der Waals surface area contributed by atoms with Crippen molar-refractivity contribution in [2.75, 3.05) is 0 Å². The van der Waals surface area contributed by atoms with Gasteiger partial charge in [0.1, 0.15) is 10.2 Å². The highest BCUT2D eigenvalue weighted by atomic mass is 35.5. The van der Waals surface area contributed by atoms with Crippen LogP contribution in [-0.4, -0.2) is 27.4 Å². The number of aliphatic carboxylic acids is 1.